The van der Waals surface area contributed by atoms with Crippen molar-refractivity contribution >= 4 is 18.5 Å². The van der Waals surface area contributed by atoms with E-state index in [0.717, 1.165) is 12.1 Å². The van der Waals surface area contributed by atoms with Gasteiger partial charge in [0.25, 0.3) is 5.91 Å². The van der Waals surface area contributed by atoms with E-state index in [1.54, 1.807) is 13.8 Å². The molecule has 0 unspecified atom stereocenters. The number of halogens is 2. The summed E-state index contributed by atoms with van der Waals surface area (Å²) in [4.78, 5) is 11.9. The molecule has 0 radical (unpaired) electrons. The van der Waals surface area contributed by atoms with E-state index in [9.17, 15) is 13.6 Å². The van der Waals surface area contributed by atoms with Crippen molar-refractivity contribution in [3.05, 3.63) is 29.3 Å². The van der Waals surface area contributed by atoms with Crippen molar-refractivity contribution < 1.29 is 22.9 Å². The van der Waals surface area contributed by atoms with Gasteiger partial charge in [-0.05, 0) is 53.7 Å². The van der Waals surface area contributed by atoms with Gasteiger partial charge in [-0.3, -0.25) is 4.79 Å². The van der Waals surface area contributed by atoms with Crippen molar-refractivity contribution in [2.24, 2.45) is 0 Å². The van der Waals surface area contributed by atoms with Crippen LogP contribution in [0.25, 0.3) is 0 Å². The van der Waals surface area contributed by atoms with Gasteiger partial charge < -0.3 is 14.6 Å². The number of hydrogen-bond acceptors (Lipinski definition) is 3. The number of carbonyl (C=O) groups excluding carboxylic acids is 1. The Hall–Kier alpha value is -1.47. The van der Waals surface area contributed by atoms with E-state index in [-0.39, 0.29) is 17.1 Å². The Morgan fingerprint density at radius 2 is 1.61 bits per heavy atom. The van der Waals surface area contributed by atoms with E-state index in [1.807, 2.05) is 27.7 Å². The first kappa shape index (κ1) is 17.9. The van der Waals surface area contributed by atoms with E-state index >= 15 is 0 Å². The highest BCUT2D eigenvalue weighted by Crippen LogP contribution is 2.36. The monoisotopic (exact) mass is 325 g/mol. The number of hydrogen-bond donors (Lipinski definition) is 1. The molecule has 2 rings (SSSR count). The van der Waals surface area contributed by atoms with Gasteiger partial charge in [-0.25, -0.2) is 8.78 Å². The van der Waals surface area contributed by atoms with Crippen LogP contribution in [0.4, 0.5) is 8.78 Å². The van der Waals surface area contributed by atoms with Crippen molar-refractivity contribution in [3.8, 4) is 0 Å². The first-order valence-electron chi connectivity index (χ1n) is 7.60. The van der Waals surface area contributed by atoms with Gasteiger partial charge in [0, 0.05) is 11.5 Å². The summed E-state index contributed by atoms with van der Waals surface area (Å²) in [6.45, 7) is 10.8. The third kappa shape index (κ3) is 3.40. The van der Waals surface area contributed by atoms with E-state index in [4.69, 9.17) is 9.31 Å². The molecule has 0 atom stereocenters. The van der Waals surface area contributed by atoms with Crippen molar-refractivity contribution in [1.82, 2.24) is 5.32 Å². The van der Waals surface area contributed by atoms with Crippen LogP contribution in [-0.2, 0) is 9.31 Å². The molecule has 0 bridgehead atoms. The molecule has 7 heteroatoms. The quantitative estimate of drug-likeness (QED) is 0.868. The summed E-state index contributed by atoms with van der Waals surface area (Å²) in [6.07, 6.45) is 0. The average molecular weight is 325 g/mol. The normalized spacial score (nSPS) is 19.3. The molecule has 1 amide bonds. The number of rotatable bonds is 3. The van der Waals surface area contributed by atoms with Crippen molar-refractivity contribution in [1.29, 1.82) is 0 Å². The summed E-state index contributed by atoms with van der Waals surface area (Å²) in [5.74, 6) is -2.20. The number of nitrogens with one attached hydrogen (secondary N) is 1. The maximum Gasteiger partial charge on any atom is 0.497 e. The largest absolute Gasteiger partial charge is 0.497 e. The van der Waals surface area contributed by atoms with Crippen molar-refractivity contribution in [3.63, 3.8) is 0 Å². The Morgan fingerprint density at radius 3 is 2.09 bits per heavy atom. The molecule has 126 valence electrons. The molecule has 1 aliphatic heterocycles. The second-order valence-electron chi connectivity index (χ2n) is 7.07. The fraction of sp³-hybridized carbons (Fsp3) is 0.562. The van der Waals surface area contributed by atoms with Crippen LogP contribution >= 0.6 is 0 Å². The van der Waals surface area contributed by atoms with Crippen LogP contribution < -0.4 is 10.8 Å². The smallest absolute Gasteiger partial charge is 0.399 e. The lowest BCUT2D eigenvalue weighted by Crippen LogP contribution is -2.41. The predicted molar refractivity (Wildman–Crippen MR) is 84.7 cm³/mol. The molecule has 0 aromatic heterocycles. The van der Waals surface area contributed by atoms with Gasteiger partial charge in [-0.15, -0.1) is 0 Å². The van der Waals surface area contributed by atoms with Gasteiger partial charge in [0.1, 0.15) is 11.6 Å². The van der Waals surface area contributed by atoms with Gasteiger partial charge in [-0.2, -0.15) is 0 Å². The van der Waals surface area contributed by atoms with Gasteiger partial charge in [-0.1, -0.05) is 0 Å². The van der Waals surface area contributed by atoms with E-state index < -0.39 is 35.9 Å². The molecule has 1 aliphatic rings. The third-order valence-corrected chi connectivity index (χ3v) is 4.26. The number of carbonyl (C=O) groups is 1. The number of amides is 1. The zero-order valence-corrected chi connectivity index (χ0v) is 14.3. The summed E-state index contributed by atoms with van der Waals surface area (Å²) in [5, 5.41) is 2.53. The molecule has 1 fully saturated rings. The molecule has 1 aromatic rings. The van der Waals surface area contributed by atoms with Crippen molar-refractivity contribution in [2.45, 2.75) is 58.8 Å². The minimum atomic E-state index is -1.02. The first-order chi connectivity index (χ1) is 10.4. The first-order valence-corrected chi connectivity index (χ1v) is 7.60. The second kappa shape index (κ2) is 5.87. The highest BCUT2D eigenvalue weighted by atomic mass is 19.1. The van der Waals surface area contributed by atoms with Crippen LogP contribution in [-0.4, -0.2) is 30.3 Å². The zero-order valence-electron chi connectivity index (χ0n) is 14.3. The van der Waals surface area contributed by atoms with Gasteiger partial charge in [0.15, 0.2) is 0 Å². The number of benzene rings is 1. The topological polar surface area (TPSA) is 47.6 Å². The summed E-state index contributed by atoms with van der Waals surface area (Å²) >= 11 is 0. The second-order valence-corrected chi connectivity index (χ2v) is 7.07. The summed E-state index contributed by atoms with van der Waals surface area (Å²) in [6, 6.07) is 1.67. The van der Waals surface area contributed by atoms with Crippen LogP contribution in [0.1, 0.15) is 51.9 Å². The third-order valence-electron chi connectivity index (χ3n) is 4.26. The lowest BCUT2D eigenvalue weighted by atomic mass is 9.78. The van der Waals surface area contributed by atoms with Crippen LogP contribution in [0.2, 0.25) is 0 Å². The van der Waals surface area contributed by atoms with Gasteiger partial charge >= 0.3 is 7.12 Å². The molecule has 0 aliphatic carbocycles. The fourth-order valence-electron chi connectivity index (χ4n) is 2.23. The molecule has 0 spiro atoms. The summed E-state index contributed by atoms with van der Waals surface area (Å²) < 4.78 is 40.1. The van der Waals surface area contributed by atoms with E-state index in [0.29, 0.717) is 0 Å². The van der Waals surface area contributed by atoms with Crippen LogP contribution in [0.3, 0.4) is 0 Å². The van der Waals surface area contributed by atoms with Crippen LogP contribution in [0.15, 0.2) is 12.1 Å². The Kier molecular flexibility index (Phi) is 4.56. The SMILES string of the molecule is CC(C)NC(=O)c1cc(F)c(B2OC(C)(C)C(C)(C)O2)cc1F. The van der Waals surface area contributed by atoms with Gasteiger partial charge in [0.2, 0.25) is 0 Å². The van der Waals surface area contributed by atoms with Crippen LogP contribution in [0.5, 0.6) is 0 Å². The average Bonchev–Trinajstić information content (AvgIpc) is 2.59. The molecular formula is C16H22BF2NO3. The Morgan fingerprint density at radius 1 is 1.09 bits per heavy atom. The van der Waals surface area contributed by atoms with Gasteiger partial charge in [0.05, 0.1) is 16.8 Å². The Labute approximate surface area is 135 Å². The molecule has 23 heavy (non-hydrogen) atoms. The minimum absolute atomic E-state index is 0.0535. The molecular weight excluding hydrogens is 303 g/mol. The Bertz CT molecular complexity index is 616. The lowest BCUT2D eigenvalue weighted by molar-refractivity contribution is 0.00578. The maximum absolute atomic E-state index is 14.4. The predicted octanol–water partition coefficient (Wildman–Crippen LogP) is 2.40. The molecule has 0 saturated carbocycles. The van der Waals surface area contributed by atoms with Crippen LogP contribution in [0, 0.1) is 11.6 Å². The highest BCUT2D eigenvalue weighted by molar-refractivity contribution is 6.62. The van der Waals surface area contributed by atoms with E-state index in [1.165, 1.54) is 0 Å². The Balaban J connectivity index is 2.33. The standard InChI is InChI=1S/C16H22BF2NO3/c1-9(2)20-14(21)10-7-13(19)11(8-12(10)18)17-22-15(3,4)16(5,6)23-17/h7-9H,1-6H3,(H,20,21). The zero-order chi connectivity index (χ0) is 17.6. The molecule has 1 heterocycles. The highest BCUT2D eigenvalue weighted by Gasteiger charge is 2.52. The molecule has 1 aromatic carbocycles. The lowest BCUT2D eigenvalue weighted by Gasteiger charge is -2.32. The molecule has 4 nitrogen and oxygen atoms in total. The molecule has 1 saturated heterocycles. The fourth-order valence-corrected chi connectivity index (χ4v) is 2.23. The summed E-state index contributed by atoms with van der Waals surface area (Å²) in [7, 11) is -1.02. The minimum Gasteiger partial charge on any atom is -0.399 e. The van der Waals surface area contributed by atoms with Crippen molar-refractivity contribution in [2.75, 3.05) is 0 Å². The van der Waals surface area contributed by atoms with E-state index in [2.05, 4.69) is 5.32 Å². The molecule has 1 N–H and O–H groups in total. The maximum atomic E-state index is 14.4. The summed E-state index contributed by atoms with van der Waals surface area (Å²) in [5.41, 5.74) is -1.71.